The molecule has 2 aromatic carbocycles. The molecule has 0 heterocycles. The van der Waals surface area contributed by atoms with Crippen molar-refractivity contribution in [3.8, 4) is 11.1 Å². The monoisotopic (exact) mass is 218 g/mol. The Balaban J connectivity index is 2.37. The van der Waals surface area contributed by atoms with Crippen molar-refractivity contribution in [1.29, 1.82) is 0 Å². The van der Waals surface area contributed by atoms with Crippen molar-refractivity contribution in [2.45, 2.75) is 5.75 Å². The minimum absolute atomic E-state index is 0.203. The van der Waals surface area contributed by atoms with E-state index in [4.69, 9.17) is 0 Å². The van der Waals surface area contributed by atoms with Crippen LogP contribution in [0.25, 0.3) is 11.1 Å². The zero-order valence-corrected chi connectivity index (χ0v) is 9.05. The molecule has 0 amide bonds. The van der Waals surface area contributed by atoms with Gasteiger partial charge < -0.3 is 0 Å². The molecule has 0 radical (unpaired) electrons. The second-order valence-electron chi connectivity index (χ2n) is 3.37. The highest BCUT2D eigenvalue weighted by Gasteiger charge is 1.98. The van der Waals surface area contributed by atoms with Crippen LogP contribution in [-0.4, -0.2) is 0 Å². The van der Waals surface area contributed by atoms with Crippen LogP contribution >= 0.6 is 12.6 Å². The second-order valence-corrected chi connectivity index (χ2v) is 3.68. The lowest BCUT2D eigenvalue weighted by Gasteiger charge is -2.02. The lowest BCUT2D eigenvalue weighted by Crippen LogP contribution is -1.81. The average molecular weight is 218 g/mol. The smallest absolute Gasteiger partial charge is 0.123 e. The summed E-state index contributed by atoms with van der Waals surface area (Å²) in [6.45, 7) is 0. The van der Waals surface area contributed by atoms with Gasteiger partial charge in [-0.15, -0.1) is 0 Å². The Labute approximate surface area is 94.2 Å². The normalized spacial score (nSPS) is 10.3. The summed E-state index contributed by atoms with van der Waals surface area (Å²) >= 11 is 4.19. The maximum atomic E-state index is 13.0. The van der Waals surface area contributed by atoms with Gasteiger partial charge in [-0.3, -0.25) is 0 Å². The Kier molecular flexibility index (Phi) is 3.07. The molecular formula is C13H11FS. The van der Waals surface area contributed by atoms with Crippen molar-refractivity contribution in [3.05, 3.63) is 59.9 Å². The molecule has 0 N–H and O–H groups in total. The topological polar surface area (TPSA) is 0 Å². The zero-order chi connectivity index (χ0) is 10.7. The molecule has 15 heavy (non-hydrogen) atoms. The summed E-state index contributed by atoms with van der Waals surface area (Å²) in [5.74, 6) is 0.523. The maximum absolute atomic E-state index is 13.0. The van der Waals surface area contributed by atoms with Gasteiger partial charge in [0.25, 0.3) is 0 Å². The molecule has 2 heteroatoms. The molecule has 0 spiro atoms. The van der Waals surface area contributed by atoms with Gasteiger partial charge in [0.1, 0.15) is 5.82 Å². The number of rotatable bonds is 2. The standard InChI is InChI=1S/C13H11FS/c14-13-3-1-2-12(8-13)11-6-4-10(9-15)5-7-11/h1-8,15H,9H2. The molecule has 0 aliphatic rings. The summed E-state index contributed by atoms with van der Waals surface area (Å²) < 4.78 is 13.0. The van der Waals surface area contributed by atoms with E-state index >= 15 is 0 Å². The Morgan fingerprint density at radius 2 is 1.67 bits per heavy atom. The van der Waals surface area contributed by atoms with E-state index in [2.05, 4.69) is 12.6 Å². The summed E-state index contributed by atoms with van der Waals surface area (Å²) in [5, 5.41) is 0. The van der Waals surface area contributed by atoms with Crippen LogP contribution in [0, 0.1) is 5.82 Å². The average Bonchev–Trinajstić information content (AvgIpc) is 2.29. The molecule has 0 fully saturated rings. The molecule has 0 nitrogen and oxygen atoms in total. The van der Waals surface area contributed by atoms with Gasteiger partial charge in [0, 0.05) is 5.75 Å². The molecule has 0 saturated heterocycles. The van der Waals surface area contributed by atoms with Gasteiger partial charge in [-0.05, 0) is 28.8 Å². The Morgan fingerprint density at radius 1 is 0.933 bits per heavy atom. The van der Waals surface area contributed by atoms with Crippen molar-refractivity contribution >= 4 is 12.6 Å². The van der Waals surface area contributed by atoms with E-state index in [1.807, 2.05) is 30.3 Å². The third-order valence-corrected chi connectivity index (χ3v) is 2.66. The molecule has 0 saturated carbocycles. The summed E-state index contributed by atoms with van der Waals surface area (Å²) in [5.41, 5.74) is 3.10. The highest BCUT2D eigenvalue weighted by atomic mass is 32.1. The third kappa shape index (κ3) is 2.39. The summed E-state index contributed by atoms with van der Waals surface area (Å²) in [7, 11) is 0. The van der Waals surface area contributed by atoms with E-state index in [9.17, 15) is 4.39 Å². The SMILES string of the molecule is Fc1cccc(-c2ccc(CS)cc2)c1. The summed E-state index contributed by atoms with van der Waals surface area (Å²) in [4.78, 5) is 0. The number of hydrogen-bond acceptors (Lipinski definition) is 1. The van der Waals surface area contributed by atoms with Crippen molar-refractivity contribution in [3.63, 3.8) is 0 Å². The number of benzene rings is 2. The van der Waals surface area contributed by atoms with E-state index in [0.29, 0.717) is 0 Å². The molecule has 0 unspecified atom stereocenters. The van der Waals surface area contributed by atoms with Gasteiger partial charge in [-0.2, -0.15) is 12.6 Å². The predicted octanol–water partition coefficient (Wildman–Crippen LogP) is 3.92. The van der Waals surface area contributed by atoms with Gasteiger partial charge in [-0.25, -0.2) is 4.39 Å². The largest absolute Gasteiger partial charge is 0.207 e. The first kappa shape index (κ1) is 10.2. The van der Waals surface area contributed by atoms with E-state index in [1.54, 1.807) is 6.07 Å². The first-order valence-corrected chi connectivity index (χ1v) is 5.38. The maximum Gasteiger partial charge on any atom is 0.123 e. The first-order chi connectivity index (χ1) is 7.29. The van der Waals surface area contributed by atoms with Crippen molar-refractivity contribution in [2.24, 2.45) is 0 Å². The lowest BCUT2D eigenvalue weighted by molar-refractivity contribution is 0.628. The Morgan fingerprint density at radius 3 is 2.27 bits per heavy atom. The van der Waals surface area contributed by atoms with Crippen molar-refractivity contribution in [1.82, 2.24) is 0 Å². The highest BCUT2D eigenvalue weighted by Crippen LogP contribution is 2.20. The van der Waals surface area contributed by atoms with Gasteiger partial charge in [-0.1, -0.05) is 36.4 Å². The van der Waals surface area contributed by atoms with Crippen LogP contribution in [0.15, 0.2) is 48.5 Å². The molecule has 2 aromatic rings. The van der Waals surface area contributed by atoms with Crippen LogP contribution in [-0.2, 0) is 5.75 Å². The molecule has 0 bridgehead atoms. The van der Waals surface area contributed by atoms with Gasteiger partial charge in [0.15, 0.2) is 0 Å². The Hall–Kier alpha value is -1.28. The van der Waals surface area contributed by atoms with Gasteiger partial charge >= 0.3 is 0 Å². The zero-order valence-electron chi connectivity index (χ0n) is 8.15. The lowest BCUT2D eigenvalue weighted by atomic mass is 10.0. The van der Waals surface area contributed by atoms with Crippen LogP contribution in [0.2, 0.25) is 0 Å². The highest BCUT2D eigenvalue weighted by molar-refractivity contribution is 7.79. The molecule has 2 rings (SSSR count). The molecule has 0 aliphatic heterocycles. The van der Waals surface area contributed by atoms with Crippen LogP contribution in [0.3, 0.4) is 0 Å². The summed E-state index contributed by atoms with van der Waals surface area (Å²) in [6.07, 6.45) is 0. The summed E-state index contributed by atoms with van der Waals surface area (Å²) in [6, 6.07) is 14.6. The van der Waals surface area contributed by atoms with Gasteiger partial charge in [0.05, 0.1) is 0 Å². The van der Waals surface area contributed by atoms with E-state index < -0.39 is 0 Å². The minimum Gasteiger partial charge on any atom is -0.207 e. The molecule has 0 aliphatic carbocycles. The number of thiol groups is 1. The van der Waals surface area contributed by atoms with Gasteiger partial charge in [0.2, 0.25) is 0 Å². The molecule has 0 atom stereocenters. The fourth-order valence-electron chi connectivity index (χ4n) is 1.47. The van der Waals surface area contributed by atoms with Crippen LogP contribution in [0.1, 0.15) is 5.56 Å². The molecule has 76 valence electrons. The predicted molar refractivity (Wildman–Crippen MR) is 64.5 cm³/mol. The van der Waals surface area contributed by atoms with Crippen LogP contribution in [0.4, 0.5) is 4.39 Å². The van der Waals surface area contributed by atoms with Crippen molar-refractivity contribution in [2.75, 3.05) is 0 Å². The minimum atomic E-state index is -0.203. The number of hydrogen-bond donors (Lipinski definition) is 1. The quantitative estimate of drug-likeness (QED) is 0.726. The molecule has 0 aromatic heterocycles. The van der Waals surface area contributed by atoms with Crippen LogP contribution in [0.5, 0.6) is 0 Å². The third-order valence-electron chi connectivity index (χ3n) is 2.29. The van der Waals surface area contributed by atoms with Crippen molar-refractivity contribution < 1.29 is 4.39 Å². The Bertz CT molecular complexity index is 448. The van der Waals surface area contributed by atoms with E-state index in [0.717, 1.165) is 16.9 Å². The first-order valence-electron chi connectivity index (χ1n) is 4.75. The van der Waals surface area contributed by atoms with Crippen LogP contribution < -0.4 is 0 Å². The second kappa shape index (κ2) is 4.49. The fraction of sp³-hybridized carbons (Fsp3) is 0.0769. The van der Waals surface area contributed by atoms with E-state index in [1.165, 1.54) is 17.7 Å². The molecular weight excluding hydrogens is 207 g/mol. The van der Waals surface area contributed by atoms with E-state index in [-0.39, 0.29) is 5.82 Å². The number of halogens is 1. The fourth-order valence-corrected chi connectivity index (χ4v) is 1.68.